The highest BCUT2D eigenvalue weighted by Crippen LogP contribution is 2.32. The summed E-state index contributed by atoms with van der Waals surface area (Å²) in [6.07, 6.45) is 4.08. The molecule has 1 aliphatic carbocycles. The number of aliphatic hydroxyl groups is 1. The summed E-state index contributed by atoms with van der Waals surface area (Å²) in [5.41, 5.74) is 1.79. The molecule has 3 rings (SSSR count). The van der Waals surface area contributed by atoms with Crippen molar-refractivity contribution in [1.82, 2.24) is 9.88 Å². The average molecular weight is 274 g/mol. The van der Waals surface area contributed by atoms with Crippen LogP contribution in [0.1, 0.15) is 25.2 Å². The number of aromatic nitrogens is 1. The average Bonchev–Trinajstić information content (AvgIpc) is 3.19. The second-order valence-electron chi connectivity index (χ2n) is 5.85. The normalized spacial score (nSPS) is 16.9. The number of fused-ring (bicyclic) bond motifs is 1. The molecule has 1 heterocycles. The summed E-state index contributed by atoms with van der Waals surface area (Å²) in [6.45, 7) is 1.74. The molecule has 4 heteroatoms. The van der Waals surface area contributed by atoms with Crippen molar-refractivity contribution in [2.75, 3.05) is 20.1 Å². The third-order valence-electron chi connectivity index (χ3n) is 3.93. The lowest BCUT2D eigenvalue weighted by Gasteiger charge is -2.19. The van der Waals surface area contributed by atoms with Crippen LogP contribution in [0.2, 0.25) is 0 Å². The number of benzene rings is 1. The third-order valence-corrected chi connectivity index (χ3v) is 3.93. The molecule has 0 spiro atoms. The molecule has 108 valence electrons. The maximum Gasteiger partial charge on any atom is 0.195 e. The number of para-hydroxylation sites is 2. The number of likely N-dealkylation sites (N-methyl/N-ethyl adjacent to an activating group) is 1. The molecule has 20 heavy (non-hydrogen) atoms. The minimum absolute atomic E-state index is 0.149. The van der Waals surface area contributed by atoms with Crippen molar-refractivity contribution < 1.29 is 9.52 Å². The van der Waals surface area contributed by atoms with Crippen LogP contribution < -0.4 is 0 Å². The van der Waals surface area contributed by atoms with Gasteiger partial charge in [-0.2, -0.15) is 0 Å². The van der Waals surface area contributed by atoms with Crippen molar-refractivity contribution in [3.63, 3.8) is 0 Å². The van der Waals surface area contributed by atoms with E-state index in [4.69, 9.17) is 4.42 Å². The maximum atomic E-state index is 9.90. The Morgan fingerprint density at radius 1 is 1.40 bits per heavy atom. The van der Waals surface area contributed by atoms with E-state index in [1.54, 1.807) is 0 Å². The van der Waals surface area contributed by atoms with Gasteiger partial charge in [0.2, 0.25) is 0 Å². The molecule has 1 aromatic heterocycles. The van der Waals surface area contributed by atoms with Crippen LogP contribution in [0.15, 0.2) is 28.7 Å². The first-order valence-electron chi connectivity index (χ1n) is 7.43. The minimum Gasteiger partial charge on any atom is -0.441 e. The molecule has 1 atom stereocenters. The van der Waals surface area contributed by atoms with Crippen molar-refractivity contribution in [2.24, 2.45) is 5.92 Å². The van der Waals surface area contributed by atoms with E-state index in [9.17, 15) is 5.11 Å². The van der Waals surface area contributed by atoms with Crippen LogP contribution in [-0.4, -0.2) is 41.2 Å². The van der Waals surface area contributed by atoms with Crippen LogP contribution >= 0.6 is 0 Å². The zero-order chi connectivity index (χ0) is 13.9. The molecule has 1 unspecified atom stereocenters. The number of hydrogen-bond acceptors (Lipinski definition) is 4. The van der Waals surface area contributed by atoms with Gasteiger partial charge in [0.25, 0.3) is 0 Å². The van der Waals surface area contributed by atoms with E-state index in [1.807, 2.05) is 24.3 Å². The second-order valence-corrected chi connectivity index (χ2v) is 5.85. The van der Waals surface area contributed by atoms with E-state index in [0.29, 0.717) is 5.92 Å². The van der Waals surface area contributed by atoms with E-state index < -0.39 is 0 Å². The topological polar surface area (TPSA) is 49.5 Å². The van der Waals surface area contributed by atoms with E-state index in [0.717, 1.165) is 42.9 Å². The highest BCUT2D eigenvalue weighted by molar-refractivity contribution is 5.72. The summed E-state index contributed by atoms with van der Waals surface area (Å²) in [4.78, 5) is 6.67. The van der Waals surface area contributed by atoms with Crippen molar-refractivity contribution in [3.8, 4) is 0 Å². The Morgan fingerprint density at radius 2 is 2.20 bits per heavy atom. The van der Waals surface area contributed by atoms with Gasteiger partial charge in [0, 0.05) is 13.0 Å². The standard InChI is InChI=1S/C16H22N2O2/c1-18(11-14(19)12-8-9-12)10-4-7-16-17-13-5-2-3-6-15(13)20-16/h2-3,5-6,12,14,19H,4,7-11H2,1H3. The molecule has 0 amide bonds. The predicted octanol–water partition coefficient (Wildman–Crippen LogP) is 2.46. The highest BCUT2D eigenvalue weighted by atomic mass is 16.3. The zero-order valence-electron chi connectivity index (χ0n) is 12.0. The van der Waals surface area contributed by atoms with Gasteiger partial charge < -0.3 is 14.4 Å². The first kappa shape index (κ1) is 13.6. The summed E-state index contributed by atoms with van der Waals surface area (Å²) in [5, 5.41) is 9.90. The Kier molecular flexibility index (Phi) is 4.03. The van der Waals surface area contributed by atoms with Gasteiger partial charge in [0.05, 0.1) is 6.10 Å². The highest BCUT2D eigenvalue weighted by Gasteiger charge is 2.30. The molecule has 0 saturated heterocycles. The molecule has 0 bridgehead atoms. The number of oxazole rings is 1. The van der Waals surface area contributed by atoms with E-state index in [1.165, 1.54) is 12.8 Å². The third kappa shape index (κ3) is 3.38. The molecular formula is C16H22N2O2. The second kappa shape index (κ2) is 5.94. The van der Waals surface area contributed by atoms with E-state index in [2.05, 4.69) is 16.9 Å². The van der Waals surface area contributed by atoms with Gasteiger partial charge in [-0.3, -0.25) is 0 Å². The Balaban J connectivity index is 1.44. The molecule has 0 aliphatic heterocycles. The van der Waals surface area contributed by atoms with Gasteiger partial charge in [0.1, 0.15) is 5.52 Å². The quantitative estimate of drug-likeness (QED) is 0.842. The zero-order valence-corrected chi connectivity index (χ0v) is 12.0. The first-order valence-corrected chi connectivity index (χ1v) is 7.43. The molecule has 2 aromatic rings. The lowest BCUT2D eigenvalue weighted by atomic mass is 10.2. The van der Waals surface area contributed by atoms with Crippen LogP contribution in [0.4, 0.5) is 0 Å². The minimum atomic E-state index is -0.149. The lowest BCUT2D eigenvalue weighted by molar-refractivity contribution is 0.106. The maximum absolute atomic E-state index is 9.90. The van der Waals surface area contributed by atoms with Gasteiger partial charge in [-0.1, -0.05) is 12.1 Å². The monoisotopic (exact) mass is 274 g/mol. The van der Waals surface area contributed by atoms with Crippen LogP contribution in [0, 0.1) is 5.92 Å². The van der Waals surface area contributed by atoms with E-state index in [-0.39, 0.29) is 6.10 Å². The fourth-order valence-electron chi connectivity index (χ4n) is 2.57. The number of hydrogen-bond donors (Lipinski definition) is 1. The van der Waals surface area contributed by atoms with Crippen LogP contribution in [0.3, 0.4) is 0 Å². The predicted molar refractivity (Wildman–Crippen MR) is 78.6 cm³/mol. The summed E-state index contributed by atoms with van der Waals surface area (Å²) in [6, 6.07) is 7.86. The van der Waals surface area contributed by atoms with Crippen molar-refractivity contribution in [2.45, 2.75) is 31.8 Å². The molecule has 0 radical (unpaired) electrons. The molecule has 1 aromatic carbocycles. The summed E-state index contributed by atoms with van der Waals surface area (Å²) < 4.78 is 5.70. The van der Waals surface area contributed by atoms with Crippen molar-refractivity contribution in [1.29, 1.82) is 0 Å². The van der Waals surface area contributed by atoms with Gasteiger partial charge in [0.15, 0.2) is 11.5 Å². The SMILES string of the molecule is CN(CCCc1nc2ccccc2o1)CC(O)C1CC1. The van der Waals surface area contributed by atoms with Crippen molar-refractivity contribution in [3.05, 3.63) is 30.2 Å². The Morgan fingerprint density at radius 3 is 2.95 bits per heavy atom. The van der Waals surface area contributed by atoms with Crippen molar-refractivity contribution >= 4 is 11.1 Å². The van der Waals surface area contributed by atoms with Gasteiger partial charge in [-0.05, 0) is 50.9 Å². The summed E-state index contributed by atoms with van der Waals surface area (Å²) >= 11 is 0. The largest absolute Gasteiger partial charge is 0.441 e. The molecule has 4 nitrogen and oxygen atoms in total. The summed E-state index contributed by atoms with van der Waals surface area (Å²) in [5.74, 6) is 1.36. The Bertz CT molecular complexity index is 529. The van der Waals surface area contributed by atoms with Gasteiger partial charge in [-0.25, -0.2) is 4.98 Å². The number of aliphatic hydroxyl groups excluding tert-OH is 1. The number of aryl methyl sites for hydroxylation is 1. The van der Waals surface area contributed by atoms with Crippen LogP contribution in [0.25, 0.3) is 11.1 Å². The molecular weight excluding hydrogens is 252 g/mol. The number of rotatable bonds is 7. The molecule has 1 aliphatic rings. The molecule has 1 saturated carbocycles. The summed E-state index contributed by atoms with van der Waals surface area (Å²) in [7, 11) is 2.07. The van der Waals surface area contributed by atoms with Gasteiger partial charge in [-0.15, -0.1) is 0 Å². The fraction of sp³-hybridized carbons (Fsp3) is 0.562. The first-order chi connectivity index (χ1) is 9.72. The van der Waals surface area contributed by atoms with E-state index >= 15 is 0 Å². The Hall–Kier alpha value is -1.39. The lowest BCUT2D eigenvalue weighted by Crippen LogP contribution is -2.31. The van der Waals surface area contributed by atoms with Gasteiger partial charge >= 0.3 is 0 Å². The molecule has 1 N–H and O–H groups in total. The Labute approximate surface area is 119 Å². The van der Waals surface area contributed by atoms with Crippen LogP contribution in [0.5, 0.6) is 0 Å². The molecule has 1 fully saturated rings. The van der Waals surface area contributed by atoms with Crippen LogP contribution in [-0.2, 0) is 6.42 Å². The number of nitrogens with zero attached hydrogens (tertiary/aromatic N) is 2. The smallest absolute Gasteiger partial charge is 0.195 e. The fourth-order valence-corrected chi connectivity index (χ4v) is 2.57.